The minimum atomic E-state index is -0.911. The Morgan fingerprint density at radius 1 is 1.11 bits per heavy atom. The number of carbonyl (C=O) groups is 3. The molecule has 2 heterocycles. The minimum absolute atomic E-state index is 0.00353. The molecule has 192 valence electrons. The second kappa shape index (κ2) is 11.5. The number of benzene rings is 2. The summed E-state index contributed by atoms with van der Waals surface area (Å²) in [7, 11) is 0. The molecule has 1 aliphatic heterocycles. The van der Waals surface area contributed by atoms with Crippen LogP contribution in [-0.2, 0) is 33.8 Å². The van der Waals surface area contributed by atoms with Crippen LogP contribution in [0.5, 0.6) is 0 Å². The number of pyridine rings is 1. The second-order valence-electron chi connectivity index (χ2n) is 9.33. The predicted octanol–water partition coefficient (Wildman–Crippen LogP) is 5.05. The van der Waals surface area contributed by atoms with Crippen LogP contribution in [-0.4, -0.2) is 39.4 Å². The van der Waals surface area contributed by atoms with Crippen molar-refractivity contribution in [2.75, 3.05) is 10.7 Å². The van der Waals surface area contributed by atoms with Gasteiger partial charge in [-0.3, -0.25) is 14.4 Å². The highest BCUT2D eigenvalue weighted by Crippen LogP contribution is 2.30. The number of carbonyl (C=O) groups excluding carboxylic acids is 3. The molecule has 1 aromatic heterocycles. The number of thioether (sulfide) groups is 1. The van der Waals surface area contributed by atoms with Gasteiger partial charge < -0.3 is 4.90 Å². The molecule has 3 amide bonds. The first-order valence-corrected chi connectivity index (χ1v) is 14.2. The highest BCUT2D eigenvalue weighted by molar-refractivity contribution is 9.10. The zero-order valence-electron chi connectivity index (χ0n) is 20.6. The number of amides is 3. The van der Waals surface area contributed by atoms with E-state index in [4.69, 9.17) is 4.98 Å². The molecule has 1 saturated heterocycles. The molecular weight excluding hydrogens is 564 g/mol. The van der Waals surface area contributed by atoms with Crippen molar-refractivity contribution in [2.45, 2.75) is 49.7 Å². The van der Waals surface area contributed by atoms with Gasteiger partial charge in [-0.1, -0.05) is 58.0 Å². The van der Waals surface area contributed by atoms with Crippen LogP contribution in [0.4, 0.5) is 5.69 Å². The molecule has 1 unspecified atom stereocenters. The number of aromatic nitrogens is 1. The van der Waals surface area contributed by atoms with Crippen molar-refractivity contribution >= 4 is 51.1 Å². The molecule has 0 radical (unpaired) electrons. The quantitative estimate of drug-likeness (QED) is 0.283. The molecule has 9 heteroatoms. The van der Waals surface area contributed by atoms with Gasteiger partial charge in [0.1, 0.15) is 17.1 Å². The number of nitriles is 1. The van der Waals surface area contributed by atoms with Crippen LogP contribution >= 0.6 is 27.7 Å². The number of nitrogens with zero attached hydrogens (tertiary/aromatic N) is 4. The van der Waals surface area contributed by atoms with Crippen molar-refractivity contribution in [3.05, 3.63) is 87.5 Å². The summed E-state index contributed by atoms with van der Waals surface area (Å²) < 4.78 is 0.835. The molecule has 0 bridgehead atoms. The van der Waals surface area contributed by atoms with E-state index >= 15 is 0 Å². The molecule has 5 rings (SSSR count). The van der Waals surface area contributed by atoms with Crippen LogP contribution < -0.4 is 4.90 Å². The summed E-state index contributed by atoms with van der Waals surface area (Å²) in [4.78, 5) is 47.5. The summed E-state index contributed by atoms with van der Waals surface area (Å²) >= 11 is 4.58. The number of imide groups is 1. The Hall–Kier alpha value is -3.48. The molecule has 1 fully saturated rings. The van der Waals surface area contributed by atoms with Crippen molar-refractivity contribution in [1.82, 2.24) is 9.88 Å². The average molecular weight is 590 g/mol. The van der Waals surface area contributed by atoms with Gasteiger partial charge in [0.05, 0.1) is 23.4 Å². The smallest absolute Gasteiger partial charge is 0.257 e. The summed E-state index contributed by atoms with van der Waals surface area (Å²) in [6, 6.07) is 19.6. The van der Waals surface area contributed by atoms with Crippen molar-refractivity contribution < 1.29 is 14.4 Å². The highest BCUT2D eigenvalue weighted by atomic mass is 79.9. The largest absolute Gasteiger partial charge is 0.325 e. The van der Waals surface area contributed by atoms with Gasteiger partial charge >= 0.3 is 0 Å². The summed E-state index contributed by atoms with van der Waals surface area (Å²) in [5, 5.41) is 10.2. The maximum atomic E-state index is 13.6. The monoisotopic (exact) mass is 588 g/mol. The van der Waals surface area contributed by atoms with Crippen molar-refractivity contribution in [1.29, 1.82) is 5.26 Å². The fraction of sp³-hybridized carbons (Fsp3) is 0.276. The fourth-order valence-corrected chi connectivity index (χ4v) is 6.02. The minimum Gasteiger partial charge on any atom is -0.325 e. The van der Waals surface area contributed by atoms with Gasteiger partial charge in [0, 0.05) is 16.7 Å². The van der Waals surface area contributed by atoms with Gasteiger partial charge in [-0.15, -0.1) is 0 Å². The van der Waals surface area contributed by atoms with E-state index in [1.54, 1.807) is 24.3 Å². The van der Waals surface area contributed by atoms with Gasteiger partial charge in [0.2, 0.25) is 11.8 Å². The molecule has 2 aromatic carbocycles. The molecule has 3 aromatic rings. The van der Waals surface area contributed by atoms with Gasteiger partial charge in [-0.2, -0.15) is 5.26 Å². The fourth-order valence-electron chi connectivity index (χ4n) is 4.89. The first-order chi connectivity index (χ1) is 18.4. The summed E-state index contributed by atoms with van der Waals surface area (Å²) in [5.41, 5.74) is 3.90. The van der Waals surface area contributed by atoms with Crippen LogP contribution in [0.25, 0.3) is 0 Å². The lowest BCUT2D eigenvalue weighted by molar-refractivity contribution is -0.136. The van der Waals surface area contributed by atoms with E-state index in [2.05, 4.69) is 22.0 Å². The van der Waals surface area contributed by atoms with Crippen molar-refractivity contribution in [3.63, 3.8) is 0 Å². The maximum Gasteiger partial charge on any atom is 0.257 e. The molecule has 0 N–H and O–H groups in total. The molecule has 7 nitrogen and oxygen atoms in total. The van der Waals surface area contributed by atoms with Gasteiger partial charge in [0.15, 0.2) is 0 Å². The summed E-state index contributed by atoms with van der Waals surface area (Å²) in [5.74, 6) is -1.05. The standard InChI is InChI=1S/C29H25BrN4O3S/c30-22-10-12-23(13-11-22)34-26(35)15-25(29(34)37)33(17-19-6-2-1-3-7-19)27(36)18-38-28-21(16-31)14-20-8-4-5-9-24(20)32-28/h1-3,6-7,10-14,25H,4-5,8-9,15,17-18H2. The first kappa shape index (κ1) is 26.1. The number of hydrogen-bond donors (Lipinski definition) is 0. The van der Waals surface area contributed by atoms with E-state index < -0.39 is 11.9 Å². The predicted molar refractivity (Wildman–Crippen MR) is 148 cm³/mol. The van der Waals surface area contributed by atoms with E-state index in [0.29, 0.717) is 16.3 Å². The van der Waals surface area contributed by atoms with Crippen LogP contribution in [0.2, 0.25) is 0 Å². The second-order valence-corrected chi connectivity index (χ2v) is 11.2. The molecule has 2 aliphatic rings. The molecule has 1 atom stereocenters. The third-order valence-electron chi connectivity index (χ3n) is 6.82. The van der Waals surface area contributed by atoms with E-state index in [0.717, 1.165) is 51.9 Å². The highest BCUT2D eigenvalue weighted by Gasteiger charge is 2.44. The van der Waals surface area contributed by atoms with Gasteiger partial charge in [-0.25, -0.2) is 9.88 Å². The van der Waals surface area contributed by atoms with E-state index in [9.17, 15) is 19.6 Å². The lowest BCUT2D eigenvalue weighted by atomic mass is 9.95. The zero-order valence-corrected chi connectivity index (χ0v) is 23.0. The Balaban J connectivity index is 1.39. The topological polar surface area (TPSA) is 94.4 Å². The van der Waals surface area contributed by atoms with E-state index in [1.807, 2.05) is 36.4 Å². The summed E-state index contributed by atoms with van der Waals surface area (Å²) in [6.07, 6.45) is 3.85. The Bertz CT molecular complexity index is 1420. The number of rotatable bonds is 7. The number of aryl methyl sites for hydroxylation is 2. The number of hydrogen-bond acceptors (Lipinski definition) is 6. The maximum absolute atomic E-state index is 13.6. The average Bonchev–Trinajstić information content (AvgIpc) is 3.23. The Labute approximate surface area is 234 Å². The van der Waals surface area contributed by atoms with Crippen LogP contribution in [0.15, 0.2) is 70.2 Å². The lowest BCUT2D eigenvalue weighted by Gasteiger charge is -2.28. The SMILES string of the molecule is N#Cc1cc2c(nc1SCC(=O)N(Cc1ccccc1)C1CC(=O)N(c3ccc(Br)cc3)C1=O)CCCC2. The molecular formula is C29H25BrN4O3S. The third kappa shape index (κ3) is 5.52. The Kier molecular flexibility index (Phi) is 7.91. The molecule has 0 spiro atoms. The molecule has 1 aliphatic carbocycles. The van der Waals surface area contributed by atoms with Gasteiger partial charge in [-0.05, 0) is 67.1 Å². The molecule has 0 saturated carbocycles. The lowest BCUT2D eigenvalue weighted by Crippen LogP contribution is -2.45. The normalized spacial score (nSPS) is 16.7. The Morgan fingerprint density at radius 3 is 2.58 bits per heavy atom. The summed E-state index contributed by atoms with van der Waals surface area (Å²) in [6.45, 7) is 0.195. The van der Waals surface area contributed by atoms with Gasteiger partial charge in [0.25, 0.3) is 5.91 Å². The van der Waals surface area contributed by atoms with Crippen LogP contribution in [0, 0.1) is 11.3 Å². The Morgan fingerprint density at radius 2 is 1.84 bits per heavy atom. The number of anilines is 1. The van der Waals surface area contributed by atoms with Crippen molar-refractivity contribution in [2.24, 2.45) is 0 Å². The van der Waals surface area contributed by atoms with Crippen molar-refractivity contribution in [3.8, 4) is 6.07 Å². The number of fused-ring (bicyclic) bond motifs is 1. The molecule has 38 heavy (non-hydrogen) atoms. The third-order valence-corrected chi connectivity index (χ3v) is 8.32. The first-order valence-electron chi connectivity index (χ1n) is 12.5. The van der Waals surface area contributed by atoms with E-state index in [1.165, 1.54) is 16.7 Å². The van der Waals surface area contributed by atoms with E-state index in [-0.39, 0.29) is 30.5 Å². The zero-order chi connectivity index (χ0) is 26.6. The van der Waals surface area contributed by atoms with Crippen LogP contribution in [0.1, 0.15) is 41.6 Å². The van der Waals surface area contributed by atoms with Crippen LogP contribution in [0.3, 0.4) is 0 Å². The number of halogens is 1.